The van der Waals surface area contributed by atoms with Crippen molar-refractivity contribution in [1.82, 2.24) is 0 Å². The standard InChI is InChI=1S/C10H11NO4S/c1-2-16-9-5-7(6-10(12)13)3-4-8(9)11(14)15/h3-5H,2,6H2,1H3,(H,12,13). The average molecular weight is 241 g/mol. The molecule has 0 amide bonds. The number of benzene rings is 1. The second kappa shape index (κ2) is 5.50. The van der Waals surface area contributed by atoms with Crippen LogP contribution in [0.1, 0.15) is 12.5 Å². The minimum Gasteiger partial charge on any atom is -0.481 e. The number of carboxylic acids is 1. The van der Waals surface area contributed by atoms with E-state index in [2.05, 4.69) is 0 Å². The highest BCUT2D eigenvalue weighted by molar-refractivity contribution is 7.99. The van der Waals surface area contributed by atoms with Crippen molar-refractivity contribution >= 4 is 23.4 Å². The number of thioether (sulfide) groups is 1. The molecule has 1 N–H and O–H groups in total. The van der Waals surface area contributed by atoms with Crippen LogP contribution in [0.15, 0.2) is 23.1 Å². The van der Waals surface area contributed by atoms with Crippen molar-refractivity contribution in [2.45, 2.75) is 18.2 Å². The van der Waals surface area contributed by atoms with E-state index < -0.39 is 10.9 Å². The monoisotopic (exact) mass is 241 g/mol. The maximum absolute atomic E-state index is 10.7. The van der Waals surface area contributed by atoms with Gasteiger partial charge < -0.3 is 5.11 Å². The molecule has 0 aliphatic rings. The molecule has 0 radical (unpaired) electrons. The summed E-state index contributed by atoms with van der Waals surface area (Å²) in [5.41, 5.74) is 0.607. The van der Waals surface area contributed by atoms with E-state index in [0.717, 1.165) is 0 Å². The molecule has 0 fully saturated rings. The minimum atomic E-state index is -0.943. The fourth-order valence-corrected chi connectivity index (χ4v) is 2.10. The molecule has 6 heteroatoms. The topological polar surface area (TPSA) is 80.4 Å². The van der Waals surface area contributed by atoms with Gasteiger partial charge in [0, 0.05) is 6.07 Å². The molecule has 0 heterocycles. The van der Waals surface area contributed by atoms with E-state index >= 15 is 0 Å². The number of aliphatic carboxylic acids is 1. The molecule has 0 aliphatic carbocycles. The van der Waals surface area contributed by atoms with Gasteiger partial charge in [-0.15, -0.1) is 11.8 Å². The number of hydrogen-bond acceptors (Lipinski definition) is 4. The van der Waals surface area contributed by atoms with E-state index in [-0.39, 0.29) is 12.1 Å². The molecule has 1 rings (SSSR count). The Morgan fingerprint density at radius 3 is 2.75 bits per heavy atom. The first kappa shape index (κ1) is 12.5. The fourth-order valence-electron chi connectivity index (χ4n) is 1.27. The third-order valence-electron chi connectivity index (χ3n) is 1.88. The number of nitro groups is 1. The second-order valence-corrected chi connectivity index (χ2v) is 4.37. The van der Waals surface area contributed by atoms with Crippen LogP contribution >= 0.6 is 11.8 Å². The predicted octanol–water partition coefficient (Wildman–Crippen LogP) is 2.33. The molecule has 1 aromatic rings. The number of carbonyl (C=O) groups is 1. The molecule has 0 aliphatic heterocycles. The van der Waals surface area contributed by atoms with Crippen molar-refractivity contribution in [3.63, 3.8) is 0 Å². The first-order valence-electron chi connectivity index (χ1n) is 4.66. The van der Waals surface area contributed by atoms with Crippen LogP contribution in [0.25, 0.3) is 0 Å². The van der Waals surface area contributed by atoms with Gasteiger partial charge in [-0.1, -0.05) is 13.0 Å². The summed E-state index contributed by atoms with van der Waals surface area (Å²) < 4.78 is 0. The molecule has 0 unspecified atom stereocenters. The normalized spacial score (nSPS) is 10.1. The first-order valence-corrected chi connectivity index (χ1v) is 5.65. The van der Waals surface area contributed by atoms with Crippen molar-refractivity contribution < 1.29 is 14.8 Å². The summed E-state index contributed by atoms with van der Waals surface area (Å²) in [6.45, 7) is 1.89. The summed E-state index contributed by atoms with van der Waals surface area (Å²) >= 11 is 1.34. The lowest BCUT2D eigenvalue weighted by Gasteiger charge is -2.03. The van der Waals surface area contributed by atoms with Crippen molar-refractivity contribution in [1.29, 1.82) is 0 Å². The van der Waals surface area contributed by atoms with Crippen LogP contribution in [0, 0.1) is 10.1 Å². The van der Waals surface area contributed by atoms with Gasteiger partial charge in [0.2, 0.25) is 0 Å². The summed E-state index contributed by atoms with van der Waals surface area (Å²) in [7, 11) is 0. The Morgan fingerprint density at radius 2 is 2.25 bits per heavy atom. The quantitative estimate of drug-likeness (QED) is 0.486. The van der Waals surface area contributed by atoms with E-state index in [1.165, 1.54) is 23.9 Å². The van der Waals surface area contributed by atoms with Gasteiger partial charge in [-0.2, -0.15) is 0 Å². The third kappa shape index (κ3) is 3.23. The van der Waals surface area contributed by atoms with Crippen LogP contribution in [-0.2, 0) is 11.2 Å². The van der Waals surface area contributed by atoms with Crippen molar-refractivity contribution in [3.05, 3.63) is 33.9 Å². The van der Waals surface area contributed by atoms with Crippen molar-refractivity contribution in [2.75, 3.05) is 5.75 Å². The fraction of sp³-hybridized carbons (Fsp3) is 0.300. The summed E-state index contributed by atoms with van der Waals surface area (Å²) in [6, 6.07) is 4.41. The number of hydrogen-bond donors (Lipinski definition) is 1. The van der Waals surface area contributed by atoms with E-state index in [0.29, 0.717) is 16.2 Å². The van der Waals surface area contributed by atoms with Crippen molar-refractivity contribution in [2.24, 2.45) is 0 Å². The van der Waals surface area contributed by atoms with Gasteiger partial charge in [-0.3, -0.25) is 14.9 Å². The zero-order valence-corrected chi connectivity index (χ0v) is 9.49. The lowest BCUT2D eigenvalue weighted by atomic mass is 10.1. The minimum absolute atomic E-state index is 0.0287. The Labute approximate surface area is 96.6 Å². The van der Waals surface area contributed by atoms with E-state index in [9.17, 15) is 14.9 Å². The Hall–Kier alpha value is -1.56. The van der Waals surface area contributed by atoms with Gasteiger partial charge in [-0.05, 0) is 17.4 Å². The van der Waals surface area contributed by atoms with Crippen LogP contribution in [-0.4, -0.2) is 21.8 Å². The summed E-state index contributed by atoms with van der Waals surface area (Å²) in [6.07, 6.45) is -0.116. The van der Waals surface area contributed by atoms with Crippen LogP contribution < -0.4 is 0 Å². The molecule has 0 spiro atoms. The van der Waals surface area contributed by atoms with Crippen LogP contribution in [0.4, 0.5) is 5.69 Å². The maximum atomic E-state index is 10.7. The second-order valence-electron chi connectivity index (χ2n) is 3.06. The van der Waals surface area contributed by atoms with Crippen molar-refractivity contribution in [3.8, 4) is 0 Å². The molecule has 5 nitrogen and oxygen atoms in total. The Bertz CT molecular complexity index is 419. The number of carboxylic acid groups (broad SMARTS) is 1. The predicted molar refractivity (Wildman–Crippen MR) is 60.8 cm³/mol. The molecular weight excluding hydrogens is 230 g/mol. The SMILES string of the molecule is CCSc1cc(CC(=O)O)ccc1[N+](=O)[O-]. The Kier molecular flexibility index (Phi) is 4.30. The summed E-state index contributed by atoms with van der Waals surface area (Å²) in [5, 5.41) is 19.3. The molecule has 0 saturated carbocycles. The molecule has 0 aromatic heterocycles. The Balaban J connectivity index is 3.06. The van der Waals surface area contributed by atoms with Crippen LogP contribution in [0.5, 0.6) is 0 Å². The maximum Gasteiger partial charge on any atom is 0.307 e. The number of rotatable bonds is 5. The molecular formula is C10H11NO4S. The highest BCUT2D eigenvalue weighted by Gasteiger charge is 2.14. The van der Waals surface area contributed by atoms with Gasteiger partial charge in [0.25, 0.3) is 5.69 Å². The van der Waals surface area contributed by atoms with Gasteiger partial charge in [0.05, 0.1) is 16.2 Å². The first-order chi connectivity index (χ1) is 7.54. The zero-order valence-electron chi connectivity index (χ0n) is 8.67. The smallest absolute Gasteiger partial charge is 0.307 e. The number of nitro benzene ring substituents is 1. The van der Waals surface area contributed by atoms with Gasteiger partial charge in [0.15, 0.2) is 0 Å². The highest BCUT2D eigenvalue weighted by Crippen LogP contribution is 2.29. The lowest BCUT2D eigenvalue weighted by molar-refractivity contribution is -0.387. The molecule has 86 valence electrons. The molecule has 0 saturated heterocycles. The zero-order chi connectivity index (χ0) is 12.1. The molecule has 1 aromatic carbocycles. The highest BCUT2D eigenvalue weighted by atomic mass is 32.2. The van der Waals surface area contributed by atoms with Crippen LogP contribution in [0.2, 0.25) is 0 Å². The van der Waals surface area contributed by atoms with Crippen LogP contribution in [0.3, 0.4) is 0 Å². The number of nitrogens with zero attached hydrogens (tertiary/aromatic N) is 1. The third-order valence-corrected chi connectivity index (χ3v) is 2.80. The Morgan fingerprint density at radius 1 is 1.56 bits per heavy atom. The largest absolute Gasteiger partial charge is 0.481 e. The molecule has 0 atom stereocenters. The molecule has 0 bridgehead atoms. The van der Waals surface area contributed by atoms with E-state index in [1.54, 1.807) is 6.07 Å². The lowest BCUT2D eigenvalue weighted by Crippen LogP contribution is -2.01. The average Bonchev–Trinajstić information content (AvgIpc) is 2.17. The molecule has 16 heavy (non-hydrogen) atoms. The van der Waals surface area contributed by atoms with Gasteiger partial charge in [0.1, 0.15) is 0 Å². The summed E-state index contributed by atoms with van der Waals surface area (Å²) in [4.78, 5) is 21.3. The van der Waals surface area contributed by atoms with E-state index in [1.807, 2.05) is 6.92 Å². The summed E-state index contributed by atoms with van der Waals surface area (Å²) in [5.74, 6) is -0.238. The van der Waals surface area contributed by atoms with E-state index in [4.69, 9.17) is 5.11 Å². The van der Waals surface area contributed by atoms with Gasteiger partial charge >= 0.3 is 5.97 Å². The van der Waals surface area contributed by atoms with Gasteiger partial charge in [-0.25, -0.2) is 0 Å².